The molecule has 0 radical (unpaired) electrons. The molecule has 1 heterocycles. The Morgan fingerprint density at radius 2 is 1.70 bits per heavy atom. The predicted octanol–water partition coefficient (Wildman–Crippen LogP) is 3.27. The highest BCUT2D eigenvalue weighted by Gasteiger charge is 1.99. The van der Waals surface area contributed by atoms with Gasteiger partial charge in [0.2, 0.25) is 0 Å². The fourth-order valence-corrected chi connectivity index (χ4v) is 2.07. The molecule has 20 heavy (non-hydrogen) atoms. The van der Waals surface area contributed by atoms with Gasteiger partial charge in [0.15, 0.2) is 0 Å². The third-order valence-corrected chi connectivity index (χ3v) is 3.23. The van der Waals surface area contributed by atoms with Crippen LogP contribution in [0, 0.1) is 0 Å². The molecule has 0 fully saturated rings. The average molecular weight is 264 g/mol. The SMILES string of the molecule is NCc1ccc(COc2cnc3ccccc3c2)cc1. The molecule has 0 amide bonds. The summed E-state index contributed by atoms with van der Waals surface area (Å²) in [5, 5.41) is 1.09. The zero-order chi connectivity index (χ0) is 13.8. The van der Waals surface area contributed by atoms with Gasteiger partial charge in [-0.25, -0.2) is 0 Å². The lowest BCUT2D eigenvalue weighted by molar-refractivity contribution is 0.305. The maximum absolute atomic E-state index is 5.78. The van der Waals surface area contributed by atoms with Gasteiger partial charge in [0.05, 0.1) is 11.7 Å². The molecule has 2 aromatic carbocycles. The molecule has 2 N–H and O–H groups in total. The van der Waals surface area contributed by atoms with Gasteiger partial charge in [-0.3, -0.25) is 4.98 Å². The van der Waals surface area contributed by atoms with Crippen molar-refractivity contribution in [1.82, 2.24) is 4.98 Å². The van der Waals surface area contributed by atoms with Crippen LogP contribution in [0.25, 0.3) is 10.9 Å². The van der Waals surface area contributed by atoms with Gasteiger partial charge in [0.25, 0.3) is 0 Å². The second-order valence-electron chi connectivity index (χ2n) is 4.67. The highest BCUT2D eigenvalue weighted by atomic mass is 16.5. The van der Waals surface area contributed by atoms with E-state index >= 15 is 0 Å². The lowest BCUT2D eigenvalue weighted by Gasteiger charge is -2.07. The smallest absolute Gasteiger partial charge is 0.138 e. The number of aromatic nitrogens is 1. The number of nitrogens with two attached hydrogens (primary N) is 1. The van der Waals surface area contributed by atoms with E-state index in [-0.39, 0.29) is 0 Å². The average Bonchev–Trinajstić information content (AvgIpc) is 2.53. The largest absolute Gasteiger partial charge is 0.487 e. The Labute approximate surface area is 118 Å². The van der Waals surface area contributed by atoms with E-state index in [1.54, 1.807) is 6.20 Å². The van der Waals surface area contributed by atoms with Crippen molar-refractivity contribution in [2.45, 2.75) is 13.2 Å². The molecule has 3 rings (SSSR count). The highest BCUT2D eigenvalue weighted by molar-refractivity contribution is 5.79. The summed E-state index contributed by atoms with van der Waals surface area (Å²) in [5.74, 6) is 0.784. The van der Waals surface area contributed by atoms with Gasteiger partial charge in [-0.1, -0.05) is 42.5 Å². The lowest BCUT2D eigenvalue weighted by Crippen LogP contribution is -1.98. The van der Waals surface area contributed by atoms with E-state index in [4.69, 9.17) is 10.5 Å². The Hall–Kier alpha value is -2.39. The number of para-hydroxylation sites is 1. The first-order chi connectivity index (χ1) is 9.85. The summed E-state index contributed by atoms with van der Waals surface area (Å²) >= 11 is 0. The molecule has 100 valence electrons. The van der Waals surface area contributed by atoms with Gasteiger partial charge in [0, 0.05) is 11.9 Å². The maximum atomic E-state index is 5.78. The summed E-state index contributed by atoms with van der Waals surface area (Å²) in [5.41, 5.74) is 8.80. The van der Waals surface area contributed by atoms with Crippen LogP contribution < -0.4 is 10.5 Å². The highest BCUT2D eigenvalue weighted by Crippen LogP contribution is 2.19. The number of ether oxygens (including phenoxy) is 1. The fraction of sp³-hybridized carbons (Fsp3) is 0.118. The van der Waals surface area contributed by atoms with E-state index < -0.39 is 0 Å². The molecule has 0 unspecified atom stereocenters. The number of hydrogen-bond donors (Lipinski definition) is 1. The maximum Gasteiger partial charge on any atom is 0.138 e. The third kappa shape index (κ3) is 2.78. The van der Waals surface area contributed by atoms with Crippen molar-refractivity contribution in [3.05, 3.63) is 71.9 Å². The number of rotatable bonds is 4. The monoisotopic (exact) mass is 264 g/mol. The van der Waals surface area contributed by atoms with Crippen molar-refractivity contribution in [2.24, 2.45) is 5.73 Å². The molecule has 3 heteroatoms. The minimum Gasteiger partial charge on any atom is -0.487 e. The van der Waals surface area contributed by atoms with E-state index in [1.807, 2.05) is 54.6 Å². The van der Waals surface area contributed by atoms with Crippen LogP contribution >= 0.6 is 0 Å². The Kier molecular flexibility index (Phi) is 3.61. The van der Waals surface area contributed by atoms with Crippen LogP contribution in [0.5, 0.6) is 5.75 Å². The quantitative estimate of drug-likeness (QED) is 0.786. The molecule has 0 aliphatic heterocycles. The van der Waals surface area contributed by atoms with E-state index in [9.17, 15) is 0 Å². The molecule has 0 aliphatic carbocycles. The summed E-state index contributed by atoms with van der Waals surface area (Å²) in [6.07, 6.45) is 1.76. The molecule has 1 aromatic heterocycles. The van der Waals surface area contributed by atoms with Crippen molar-refractivity contribution in [3.8, 4) is 5.75 Å². The van der Waals surface area contributed by atoms with Crippen LogP contribution in [0.1, 0.15) is 11.1 Å². The molecule has 3 aromatic rings. The Balaban J connectivity index is 1.72. The number of fused-ring (bicyclic) bond motifs is 1. The Morgan fingerprint density at radius 3 is 2.50 bits per heavy atom. The summed E-state index contributed by atoms with van der Waals surface area (Å²) in [6, 6.07) is 18.1. The van der Waals surface area contributed by atoms with Crippen molar-refractivity contribution in [1.29, 1.82) is 0 Å². The lowest BCUT2D eigenvalue weighted by atomic mass is 10.1. The molecule has 3 nitrogen and oxygen atoms in total. The summed E-state index contributed by atoms with van der Waals surface area (Å²) in [6.45, 7) is 1.10. The van der Waals surface area contributed by atoms with Crippen molar-refractivity contribution >= 4 is 10.9 Å². The van der Waals surface area contributed by atoms with E-state index in [1.165, 1.54) is 0 Å². The fourth-order valence-electron chi connectivity index (χ4n) is 2.07. The number of pyridine rings is 1. The topological polar surface area (TPSA) is 48.1 Å². The standard InChI is InChI=1S/C17H16N2O/c18-10-13-5-7-14(8-6-13)12-20-16-9-15-3-1-2-4-17(15)19-11-16/h1-9,11H,10,12,18H2. The zero-order valence-corrected chi connectivity index (χ0v) is 11.1. The molecule has 0 saturated carbocycles. The molecule has 0 saturated heterocycles. The van der Waals surface area contributed by atoms with Crippen LogP contribution in [0.3, 0.4) is 0 Å². The van der Waals surface area contributed by atoms with Crippen LogP contribution in [0.4, 0.5) is 0 Å². The first-order valence-corrected chi connectivity index (χ1v) is 6.60. The van der Waals surface area contributed by atoms with Gasteiger partial charge in [-0.05, 0) is 23.3 Å². The molecular formula is C17H16N2O. The van der Waals surface area contributed by atoms with Crippen molar-refractivity contribution < 1.29 is 4.74 Å². The van der Waals surface area contributed by atoms with Crippen LogP contribution in [-0.2, 0) is 13.2 Å². The molecule has 0 spiro atoms. The molecule has 0 aliphatic rings. The minimum absolute atomic E-state index is 0.533. The van der Waals surface area contributed by atoms with Gasteiger partial charge in [0.1, 0.15) is 12.4 Å². The van der Waals surface area contributed by atoms with Crippen molar-refractivity contribution in [3.63, 3.8) is 0 Å². The van der Waals surface area contributed by atoms with E-state index in [2.05, 4.69) is 4.98 Å². The minimum atomic E-state index is 0.533. The van der Waals surface area contributed by atoms with Crippen LogP contribution in [-0.4, -0.2) is 4.98 Å². The predicted molar refractivity (Wildman–Crippen MR) is 80.4 cm³/mol. The number of benzene rings is 2. The second-order valence-corrected chi connectivity index (χ2v) is 4.67. The Morgan fingerprint density at radius 1 is 0.950 bits per heavy atom. The Bertz CT molecular complexity index is 708. The molecule has 0 bridgehead atoms. The van der Waals surface area contributed by atoms with Gasteiger partial charge in [-0.2, -0.15) is 0 Å². The first-order valence-electron chi connectivity index (χ1n) is 6.60. The summed E-state index contributed by atoms with van der Waals surface area (Å²) in [4.78, 5) is 4.38. The van der Waals surface area contributed by atoms with Crippen LogP contribution in [0.2, 0.25) is 0 Å². The van der Waals surface area contributed by atoms with E-state index in [0.717, 1.165) is 27.8 Å². The van der Waals surface area contributed by atoms with Gasteiger partial charge in [-0.15, -0.1) is 0 Å². The summed E-state index contributed by atoms with van der Waals surface area (Å²) < 4.78 is 5.78. The normalized spacial score (nSPS) is 10.7. The van der Waals surface area contributed by atoms with Gasteiger partial charge >= 0.3 is 0 Å². The molecule has 0 atom stereocenters. The molecular weight excluding hydrogens is 248 g/mol. The van der Waals surface area contributed by atoms with Crippen molar-refractivity contribution in [2.75, 3.05) is 0 Å². The van der Waals surface area contributed by atoms with E-state index in [0.29, 0.717) is 13.2 Å². The second kappa shape index (κ2) is 5.72. The number of nitrogens with zero attached hydrogens (tertiary/aromatic N) is 1. The van der Waals surface area contributed by atoms with Crippen LogP contribution in [0.15, 0.2) is 60.8 Å². The van der Waals surface area contributed by atoms with Gasteiger partial charge < -0.3 is 10.5 Å². The summed E-state index contributed by atoms with van der Waals surface area (Å²) in [7, 11) is 0. The first kappa shape index (κ1) is 12.6. The number of hydrogen-bond acceptors (Lipinski definition) is 3. The zero-order valence-electron chi connectivity index (χ0n) is 11.1. The third-order valence-electron chi connectivity index (χ3n) is 3.23.